The Labute approximate surface area is 145 Å². The predicted molar refractivity (Wildman–Crippen MR) is 95.7 cm³/mol. The summed E-state index contributed by atoms with van der Waals surface area (Å²) in [6, 6.07) is 14.6. The van der Waals surface area contributed by atoms with E-state index in [-0.39, 0.29) is 5.63 Å². The highest BCUT2D eigenvalue weighted by molar-refractivity contribution is 6.30. The first kappa shape index (κ1) is 16.6. The lowest BCUT2D eigenvalue weighted by atomic mass is 10.1. The zero-order valence-corrected chi connectivity index (χ0v) is 14.3. The lowest BCUT2D eigenvalue weighted by Crippen LogP contribution is -2.13. The molecule has 0 N–H and O–H groups in total. The number of halogens is 1. The minimum absolute atomic E-state index is 0.341. The second-order valence-corrected chi connectivity index (χ2v) is 6.34. The third-order valence-corrected chi connectivity index (χ3v) is 3.82. The first-order valence-electron chi connectivity index (χ1n) is 7.60. The molecule has 0 unspecified atom stereocenters. The van der Waals surface area contributed by atoms with Crippen LogP contribution in [0.15, 0.2) is 57.7 Å². The molecule has 1 heterocycles. The summed E-state index contributed by atoms with van der Waals surface area (Å²) in [7, 11) is 3.92. The molecule has 0 atom stereocenters. The summed E-state index contributed by atoms with van der Waals surface area (Å²) < 4.78 is 11.1. The third kappa shape index (κ3) is 3.96. The van der Waals surface area contributed by atoms with E-state index in [1.807, 2.05) is 49.3 Å². The molecule has 0 aliphatic heterocycles. The molecule has 0 aliphatic rings. The molecule has 3 aromatic rings. The smallest absolute Gasteiger partial charge is 0.336 e. The van der Waals surface area contributed by atoms with Gasteiger partial charge in [0, 0.05) is 23.0 Å². The maximum Gasteiger partial charge on any atom is 0.336 e. The van der Waals surface area contributed by atoms with E-state index < -0.39 is 0 Å². The largest absolute Gasteiger partial charge is 0.489 e. The molecule has 0 saturated heterocycles. The van der Waals surface area contributed by atoms with Gasteiger partial charge in [-0.2, -0.15) is 0 Å². The van der Waals surface area contributed by atoms with Crippen LogP contribution in [0, 0.1) is 0 Å². The minimum atomic E-state index is -0.341. The van der Waals surface area contributed by atoms with Gasteiger partial charge >= 0.3 is 5.63 Å². The van der Waals surface area contributed by atoms with Crippen molar-refractivity contribution in [2.75, 3.05) is 14.1 Å². The molecule has 0 amide bonds. The molecule has 5 heteroatoms. The van der Waals surface area contributed by atoms with E-state index in [4.69, 9.17) is 20.8 Å². The van der Waals surface area contributed by atoms with Gasteiger partial charge in [0.05, 0.1) is 0 Å². The molecule has 3 rings (SSSR count). The Bertz CT molecular complexity index is 918. The van der Waals surface area contributed by atoms with Crippen LogP contribution in [0.4, 0.5) is 0 Å². The molecular weight excluding hydrogens is 326 g/mol. The quantitative estimate of drug-likeness (QED) is 0.654. The van der Waals surface area contributed by atoms with Crippen molar-refractivity contribution in [1.29, 1.82) is 0 Å². The number of fused-ring (bicyclic) bond motifs is 1. The molecule has 2 aromatic carbocycles. The van der Waals surface area contributed by atoms with Gasteiger partial charge in [0.15, 0.2) is 0 Å². The van der Waals surface area contributed by atoms with Gasteiger partial charge in [0.1, 0.15) is 17.9 Å². The SMILES string of the molecule is CN(C)Cc1cc(=O)oc2ccc(OCc3cccc(Cl)c3)cc12. The summed E-state index contributed by atoms with van der Waals surface area (Å²) in [5.74, 6) is 0.719. The van der Waals surface area contributed by atoms with Crippen molar-refractivity contribution in [2.24, 2.45) is 0 Å². The van der Waals surface area contributed by atoms with E-state index in [1.54, 1.807) is 12.1 Å². The Kier molecular flexibility index (Phi) is 4.88. The van der Waals surface area contributed by atoms with Crippen LogP contribution >= 0.6 is 11.6 Å². The molecule has 0 saturated carbocycles. The normalized spacial score (nSPS) is 11.2. The van der Waals surface area contributed by atoms with Crippen LogP contribution < -0.4 is 10.4 Å². The number of benzene rings is 2. The second-order valence-electron chi connectivity index (χ2n) is 5.91. The highest BCUT2D eigenvalue weighted by atomic mass is 35.5. The maximum atomic E-state index is 11.7. The molecule has 4 nitrogen and oxygen atoms in total. The predicted octanol–water partition coefficient (Wildman–Crippen LogP) is 4.09. The first-order chi connectivity index (χ1) is 11.5. The van der Waals surface area contributed by atoms with Crippen molar-refractivity contribution in [3.63, 3.8) is 0 Å². The van der Waals surface area contributed by atoms with Gasteiger partial charge in [-0.15, -0.1) is 0 Å². The molecule has 1 aromatic heterocycles. The molecule has 124 valence electrons. The van der Waals surface area contributed by atoms with Gasteiger partial charge in [0.2, 0.25) is 0 Å². The summed E-state index contributed by atoms with van der Waals surface area (Å²) >= 11 is 5.99. The zero-order valence-electron chi connectivity index (χ0n) is 13.6. The van der Waals surface area contributed by atoms with Crippen molar-refractivity contribution >= 4 is 22.6 Å². The van der Waals surface area contributed by atoms with Crippen LogP contribution in [-0.2, 0) is 13.2 Å². The van der Waals surface area contributed by atoms with Crippen LogP contribution in [0.2, 0.25) is 5.02 Å². The third-order valence-electron chi connectivity index (χ3n) is 3.58. The molecule has 0 spiro atoms. The zero-order chi connectivity index (χ0) is 17.1. The van der Waals surface area contributed by atoms with Crippen molar-refractivity contribution in [2.45, 2.75) is 13.2 Å². The van der Waals surface area contributed by atoms with Crippen LogP contribution in [0.5, 0.6) is 5.75 Å². The van der Waals surface area contributed by atoms with E-state index in [0.29, 0.717) is 23.8 Å². The molecule has 0 aliphatic carbocycles. The molecular formula is C19H18ClNO3. The summed E-state index contributed by atoms with van der Waals surface area (Å²) in [5, 5.41) is 1.57. The summed E-state index contributed by atoms with van der Waals surface area (Å²) in [6.07, 6.45) is 0. The Balaban J connectivity index is 1.89. The Hall–Kier alpha value is -2.30. The van der Waals surface area contributed by atoms with Gasteiger partial charge in [-0.05, 0) is 55.6 Å². The number of rotatable bonds is 5. The van der Waals surface area contributed by atoms with Crippen LogP contribution in [-0.4, -0.2) is 19.0 Å². The fourth-order valence-corrected chi connectivity index (χ4v) is 2.77. The Morgan fingerprint density at radius 2 is 1.96 bits per heavy atom. The lowest BCUT2D eigenvalue weighted by Gasteiger charge is -2.12. The maximum absolute atomic E-state index is 11.7. The average molecular weight is 344 g/mol. The van der Waals surface area contributed by atoms with Crippen LogP contribution in [0.3, 0.4) is 0 Å². The van der Waals surface area contributed by atoms with E-state index >= 15 is 0 Å². The van der Waals surface area contributed by atoms with Gasteiger partial charge < -0.3 is 14.1 Å². The number of nitrogens with zero attached hydrogens (tertiary/aromatic N) is 1. The average Bonchev–Trinajstić information content (AvgIpc) is 2.52. The standard InChI is InChI=1S/C19H18ClNO3/c1-21(2)11-14-9-19(22)24-18-7-6-16(10-17(14)18)23-12-13-4-3-5-15(20)8-13/h3-10H,11-12H2,1-2H3. The van der Waals surface area contributed by atoms with Crippen molar-refractivity contribution in [3.05, 3.63) is 75.1 Å². The van der Waals surface area contributed by atoms with Gasteiger partial charge in [-0.25, -0.2) is 4.79 Å². The Morgan fingerprint density at radius 1 is 1.12 bits per heavy atom. The van der Waals surface area contributed by atoms with Crippen molar-refractivity contribution in [1.82, 2.24) is 4.90 Å². The van der Waals surface area contributed by atoms with E-state index in [9.17, 15) is 4.79 Å². The van der Waals surface area contributed by atoms with Crippen molar-refractivity contribution < 1.29 is 9.15 Å². The summed E-state index contributed by atoms with van der Waals surface area (Å²) in [6.45, 7) is 1.08. The number of hydrogen-bond donors (Lipinski definition) is 0. The highest BCUT2D eigenvalue weighted by Gasteiger charge is 2.08. The number of hydrogen-bond acceptors (Lipinski definition) is 4. The van der Waals surface area contributed by atoms with E-state index in [1.165, 1.54) is 6.07 Å². The highest BCUT2D eigenvalue weighted by Crippen LogP contribution is 2.24. The van der Waals surface area contributed by atoms with Crippen molar-refractivity contribution in [3.8, 4) is 5.75 Å². The van der Waals surface area contributed by atoms with Gasteiger partial charge in [0.25, 0.3) is 0 Å². The fourth-order valence-electron chi connectivity index (χ4n) is 2.56. The number of ether oxygens (including phenoxy) is 1. The summed E-state index contributed by atoms with van der Waals surface area (Å²) in [4.78, 5) is 13.7. The lowest BCUT2D eigenvalue weighted by molar-refractivity contribution is 0.306. The van der Waals surface area contributed by atoms with E-state index in [2.05, 4.69) is 0 Å². The summed E-state index contributed by atoms with van der Waals surface area (Å²) in [5.41, 5.74) is 2.14. The van der Waals surface area contributed by atoms with Gasteiger partial charge in [-0.1, -0.05) is 23.7 Å². The Morgan fingerprint density at radius 3 is 2.71 bits per heavy atom. The molecule has 0 radical (unpaired) electrons. The van der Waals surface area contributed by atoms with Crippen LogP contribution in [0.1, 0.15) is 11.1 Å². The molecule has 0 fully saturated rings. The second kappa shape index (κ2) is 7.07. The molecule has 0 bridgehead atoms. The first-order valence-corrected chi connectivity index (χ1v) is 7.98. The minimum Gasteiger partial charge on any atom is -0.489 e. The van der Waals surface area contributed by atoms with Gasteiger partial charge in [-0.3, -0.25) is 0 Å². The fraction of sp³-hybridized carbons (Fsp3) is 0.211. The monoisotopic (exact) mass is 343 g/mol. The van der Waals surface area contributed by atoms with E-state index in [0.717, 1.165) is 22.3 Å². The van der Waals surface area contributed by atoms with Crippen LogP contribution in [0.25, 0.3) is 11.0 Å². The topological polar surface area (TPSA) is 42.7 Å². The molecule has 24 heavy (non-hydrogen) atoms.